The summed E-state index contributed by atoms with van der Waals surface area (Å²) >= 11 is 0. The molecule has 0 aromatic heterocycles. The lowest BCUT2D eigenvalue weighted by atomic mass is 9.82. The van der Waals surface area contributed by atoms with Gasteiger partial charge in [0.2, 0.25) is 5.91 Å². The van der Waals surface area contributed by atoms with Gasteiger partial charge in [0.25, 0.3) is 0 Å². The van der Waals surface area contributed by atoms with Gasteiger partial charge in [0.05, 0.1) is 13.2 Å². The van der Waals surface area contributed by atoms with E-state index in [1.54, 1.807) is 49.4 Å². The molecule has 0 radical (unpaired) electrons. The van der Waals surface area contributed by atoms with Crippen molar-refractivity contribution in [3.05, 3.63) is 71.6 Å². The highest BCUT2D eigenvalue weighted by molar-refractivity contribution is 5.92. The lowest BCUT2D eigenvalue weighted by molar-refractivity contribution is -0.137. The van der Waals surface area contributed by atoms with Gasteiger partial charge in [-0.3, -0.25) is 10.1 Å². The Morgan fingerprint density at radius 2 is 1.77 bits per heavy atom. The molecule has 1 aliphatic rings. The Kier molecular flexibility index (Phi) is 7.92. The van der Waals surface area contributed by atoms with Gasteiger partial charge in [0.1, 0.15) is 5.82 Å². The maximum Gasteiger partial charge on any atom is 0.330 e. The standard InChI is InChI=1S/C24H27FN2O4/c1-2-31-23(29)12-5-18-3-10-21(11-4-18)27-22(28)17-26-24(13-15-30-16-14-24)19-6-8-20(25)9-7-19/h3-12,26H,2,13-17H2,1H3,(H,27,28)/b12-5+. The summed E-state index contributed by atoms with van der Waals surface area (Å²) in [4.78, 5) is 23.9. The molecule has 2 aromatic carbocycles. The highest BCUT2D eigenvalue weighted by atomic mass is 19.1. The van der Waals surface area contributed by atoms with E-state index >= 15 is 0 Å². The summed E-state index contributed by atoms with van der Waals surface area (Å²) in [5.41, 5.74) is 2.00. The molecular weight excluding hydrogens is 399 g/mol. The minimum atomic E-state index is -0.426. The average Bonchev–Trinajstić information content (AvgIpc) is 2.78. The number of esters is 1. The Labute approximate surface area is 181 Å². The van der Waals surface area contributed by atoms with E-state index in [4.69, 9.17) is 9.47 Å². The summed E-state index contributed by atoms with van der Waals surface area (Å²) in [6, 6.07) is 13.5. The molecule has 2 N–H and O–H groups in total. The first-order valence-electron chi connectivity index (χ1n) is 10.3. The molecule has 1 fully saturated rings. The van der Waals surface area contributed by atoms with Crippen LogP contribution in [-0.2, 0) is 24.6 Å². The smallest absolute Gasteiger partial charge is 0.330 e. The second-order valence-electron chi connectivity index (χ2n) is 7.31. The van der Waals surface area contributed by atoms with E-state index in [1.807, 2.05) is 0 Å². The third-order valence-corrected chi connectivity index (χ3v) is 5.22. The van der Waals surface area contributed by atoms with Crippen molar-refractivity contribution >= 4 is 23.6 Å². The number of rotatable bonds is 8. The molecule has 1 amide bonds. The second kappa shape index (κ2) is 10.8. The number of hydrogen-bond acceptors (Lipinski definition) is 5. The predicted octanol–water partition coefficient (Wildman–Crippen LogP) is 3.64. The molecule has 1 saturated heterocycles. The molecule has 1 heterocycles. The molecule has 3 rings (SSSR count). The van der Waals surface area contributed by atoms with Crippen LogP contribution in [0.4, 0.5) is 10.1 Å². The first-order chi connectivity index (χ1) is 15.0. The monoisotopic (exact) mass is 426 g/mol. The number of halogens is 1. The Bertz CT molecular complexity index is 904. The zero-order valence-electron chi connectivity index (χ0n) is 17.5. The largest absolute Gasteiger partial charge is 0.463 e. The lowest BCUT2D eigenvalue weighted by Gasteiger charge is -2.38. The number of anilines is 1. The molecule has 0 aliphatic carbocycles. The summed E-state index contributed by atoms with van der Waals surface area (Å²) in [5, 5.41) is 6.23. The van der Waals surface area contributed by atoms with E-state index in [0.717, 1.165) is 11.1 Å². The highest BCUT2D eigenvalue weighted by Crippen LogP contribution is 2.32. The third-order valence-electron chi connectivity index (χ3n) is 5.22. The number of nitrogens with one attached hydrogen (secondary N) is 2. The van der Waals surface area contributed by atoms with Crippen LogP contribution < -0.4 is 10.6 Å². The van der Waals surface area contributed by atoms with Crippen LogP contribution in [0.1, 0.15) is 30.9 Å². The Hall–Kier alpha value is -3.03. The van der Waals surface area contributed by atoms with Crippen molar-refractivity contribution in [1.82, 2.24) is 5.32 Å². The maximum absolute atomic E-state index is 13.3. The zero-order valence-corrected chi connectivity index (χ0v) is 17.5. The lowest BCUT2D eigenvalue weighted by Crippen LogP contribution is -2.49. The van der Waals surface area contributed by atoms with Gasteiger partial charge in [-0.05, 0) is 61.2 Å². The van der Waals surface area contributed by atoms with Crippen LogP contribution in [0.3, 0.4) is 0 Å². The summed E-state index contributed by atoms with van der Waals surface area (Å²) in [7, 11) is 0. The van der Waals surface area contributed by atoms with E-state index in [1.165, 1.54) is 18.2 Å². The molecule has 1 aliphatic heterocycles. The van der Waals surface area contributed by atoms with Crippen molar-refractivity contribution in [1.29, 1.82) is 0 Å². The number of hydrogen-bond donors (Lipinski definition) is 2. The third kappa shape index (κ3) is 6.47. The van der Waals surface area contributed by atoms with E-state index in [-0.39, 0.29) is 18.3 Å². The van der Waals surface area contributed by atoms with E-state index in [2.05, 4.69) is 10.6 Å². The van der Waals surface area contributed by atoms with Crippen molar-refractivity contribution in [2.24, 2.45) is 0 Å². The quantitative estimate of drug-likeness (QED) is 0.498. The summed E-state index contributed by atoms with van der Waals surface area (Å²) < 4.78 is 23.7. The molecule has 31 heavy (non-hydrogen) atoms. The fraction of sp³-hybridized carbons (Fsp3) is 0.333. The van der Waals surface area contributed by atoms with Crippen molar-refractivity contribution in [3.8, 4) is 0 Å². The normalized spacial score (nSPS) is 15.5. The van der Waals surface area contributed by atoms with Gasteiger partial charge >= 0.3 is 5.97 Å². The molecule has 0 atom stereocenters. The molecular formula is C24H27FN2O4. The predicted molar refractivity (Wildman–Crippen MR) is 117 cm³/mol. The van der Waals surface area contributed by atoms with Crippen LogP contribution in [0, 0.1) is 5.82 Å². The first kappa shape index (κ1) is 22.7. The molecule has 2 aromatic rings. The van der Waals surface area contributed by atoms with Gasteiger partial charge in [-0.1, -0.05) is 24.3 Å². The Morgan fingerprint density at radius 3 is 2.42 bits per heavy atom. The van der Waals surface area contributed by atoms with Crippen molar-refractivity contribution < 1.29 is 23.5 Å². The van der Waals surface area contributed by atoms with Crippen LogP contribution in [-0.4, -0.2) is 38.2 Å². The van der Waals surface area contributed by atoms with Gasteiger partial charge in [-0.15, -0.1) is 0 Å². The van der Waals surface area contributed by atoms with Gasteiger partial charge in [0, 0.05) is 30.5 Å². The maximum atomic E-state index is 13.3. The van der Waals surface area contributed by atoms with Crippen molar-refractivity contribution in [2.75, 3.05) is 31.7 Å². The fourth-order valence-electron chi connectivity index (χ4n) is 3.54. The van der Waals surface area contributed by atoms with E-state index < -0.39 is 11.5 Å². The average molecular weight is 426 g/mol. The Balaban J connectivity index is 1.58. The van der Waals surface area contributed by atoms with Gasteiger partial charge in [-0.2, -0.15) is 0 Å². The first-order valence-corrected chi connectivity index (χ1v) is 10.3. The molecule has 0 saturated carbocycles. The summed E-state index contributed by atoms with van der Waals surface area (Å²) in [6.07, 6.45) is 4.42. The SMILES string of the molecule is CCOC(=O)/C=C/c1ccc(NC(=O)CNC2(c3ccc(F)cc3)CCOCC2)cc1. The van der Waals surface area contributed by atoms with Crippen LogP contribution >= 0.6 is 0 Å². The van der Waals surface area contributed by atoms with Crippen molar-refractivity contribution in [3.63, 3.8) is 0 Å². The van der Waals surface area contributed by atoms with E-state index in [9.17, 15) is 14.0 Å². The molecule has 7 heteroatoms. The van der Waals surface area contributed by atoms with E-state index in [0.29, 0.717) is 38.3 Å². The molecule has 0 bridgehead atoms. The minimum absolute atomic E-state index is 0.113. The number of carbonyl (C=O) groups is 2. The number of ether oxygens (including phenoxy) is 2. The number of amides is 1. The number of carbonyl (C=O) groups excluding carboxylic acids is 2. The molecule has 0 spiro atoms. The fourth-order valence-corrected chi connectivity index (χ4v) is 3.54. The number of benzene rings is 2. The van der Waals surface area contributed by atoms with Crippen LogP contribution in [0.2, 0.25) is 0 Å². The second-order valence-corrected chi connectivity index (χ2v) is 7.31. The van der Waals surface area contributed by atoms with Gasteiger partial charge < -0.3 is 14.8 Å². The minimum Gasteiger partial charge on any atom is -0.463 e. The van der Waals surface area contributed by atoms with Crippen LogP contribution in [0.5, 0.6) is 0 Å². The van der Waals surface area contributed by atoms with Gasteiger partial charge in [-0.25, -0.2) is 9.18 Å². The van der Waals surface area contributed by atoms with Crippen LogP contribution in [0.15, 0.2) is 54.6 Å². The summed E-state index contributed by atoms with van der Waals surface area (Å²) in [6.45, 7) is 3.35. The van der Waals surface area contributed by atoms with Crippen LogP contribution in [0.25, 0.3) is 6.08 Å². The highest BCUT2D eigenvalue weighted by Gasteiger charge is 2.34. The molecule has 0 unspecified atom stereocenters. The summed E-state index contributed by atoms with van der Waals surface area (Å²) in [5.74, 6) is -0.860. The topological polar surface area (TPSA) is 76.7 Å². The molecule has 164 valence electrons. The molecule has 6 nitrogen and oxygen atoms in total. The Morgan fingerprint density at radius 1 is 1.10 bits per heavy atom. The zero-order chi connectivity index (χ0) is 22.1. The van der Waals surface area contributed by atoms with Gasteiger partial charge in [0.15, 0.2) is 0 Å². The van der Waals surface area contributed by atoms with Crippen molar-refractivity contribution in [2.45, 2.75) is 25.3 Å².